The number of β-lactam (4-membered cyclic amide) rings is 1. The van der Waals surface area contributed by atoms with Crippen LogP contribution >= 0.6 is 11.8 Å². The number of amides is 1. The molecule has 0 radical (unpaired) electrons. The maximum Gasteiger partial charge on any atom is 0.353 e. The van der Waals surface area contributed by atoms with Crippen molar-refractivity contribution in [2.75, 3.05) is 13.7 Å². The van der Waals surface area contributed by atoms with Crippen molar-refractivity contribution in [3.63, 3.8) is 0 Å². The van der Waals surface area contributed by atoms with E-state index in [0.29, 0.717) is 4.91 Å². The molecule has 100 valence electrons. The lowest BCUT2D eigenvalue weighted by Crippen LogP contribution is -2.60. The third-order valence-electron chi connectivity index (χ3n) is 2.88. The molecule has 0 aliphatic carbocycles. The fourth-order valence-corrected chi connectivity index (χ4v) is 3.58. The van der Waals surface area contributed by atoms with Gasteiger partial charge in [0.05, 0.1) is 19.1 Å². The molecule has 0 aromatic heterocycles. The molecule has 2 rings (SSSR count). The van der Waals surface area contributed by atoms with E-state index in [0.717, 1.165) is 0 Å². The Hall–Kier alpha value is -1.09. The van der Waals surface area contributed by atoms with Crippen LogP contribution in [-0.2, 0) is 19.4 Å². The molecular formula is C10H13NO6S. The number of hydrogen-bond acceptors (Lipinski definition) is 6. The number of aliphatic carboxylic acids is 1. The van der Waals surface area contributed by atoms with Gasteiger partial charge in [0.2, 0.25) is 5.91 Å². The van der Waals surface area contributed by atoms with Crippen molar-refractivity contribution >= 4 is 23.6 Å². The van der Waals surface area contributed by atoms with Gasteiger partial charge in [-0.2, -0.15) is 0 Å². The van der Waals surface area contributed by atoms with Gasteiger partial charge in [-0.05, 0) is 6.92 Å². The number of carboxylic acid groups (broad SMARTS) is 1. The van der Waals surface area contributed by atoms with Crippen molar-refractivity contribution in [1.82, 2.24) is 4.90 Å². The van der Waals surface area contributed by atoms with Crippen LogP contribution in [0.25, 0.3) is 0 Å². The average molecular weight is 275 g/mol. The summed E-state index contributed by atoms with van der Waals surface area (Å²) in [4.78, 5) is 33.7. The summed E-state index contributed by atoms with van der Waals surface area (Å²) >= 11 is 1.22. The Kier molecular flexibility index (Phi) is 3.62. The second-order valence-corrected chi connectivity index (χ2v) is 5.20. The van der Waals surface area contributed by atoms with E-state index in [1.165, 1.54) is 30.7 Å². The number of carboxylic acids is 1. The first-order valence-electron chi connectivity index (χ1n) is 5.29. The minimum atomic E-state index is -1.18. The van der Waals surface area contributed by atoms with E-state index in [1.54, 1.807) is 0 Å². The van der Waals surface area contributed by atoms with Crippen molar-refractivity contribution < 1.29 is 29.6 Å². The Labute approximate surface area is 107 Å². The molecule has 0 aromatic rings. The van der Waals surface area contributed by atoms with Gasteiger partial charge in [-0.1, -0.05) is 11.8 Å². The summed E-state index contributed by atoms with van der Waals surface area (Å²) < 4.78 is 0. The predicted molar refractivity (Wildman–Crippen MR) is 61.0 cm³/mol. The molecule has 0 aromatic carbocycles. The van der Waals surface area contributed by atoms with Crippen LogP contribution in [0.15, 0.2) is 10.6 Å². The number of carbonyl (C=O) groups excluding carboxylic acids is 1. The van der Waals surface area contributed by atoms with Crippen LogP contribution in [0.3, 0.4) is 0 Å². The topological polar surface area (TPSA) is 96.3 Å². The number of hydrogen-bond donors (Lipinski definition) is 2. The van der Waals surface area contributed by atoms with Gasteiger partial charge in [0.15, 0.2) is 0 Å². The van der Waals surface area contributed by atoms with E-state index >= 15 is 0 Å². The molecule has 3 atom stereocenters. The second kappa shape index (κ2) is 4.88. The molecule has 0 spiro atoms. The lowest BCUT2D eigenvalue weighted by molar-refractivity contribution is -0.264. The summed E-state index contributed by atoms with van der Waals surface area (Å²) in [5.74, 6) is -2.12. The number of thioether (sulfide) groups is 1. The molecule has 2 aliphatic rings. The Balaban J connectivity index is 2.21. The average Bonchev–Trinajstić information content (AvgIpc) is 2.60. The molecule has 18 heavy (non-hydrogen) atoms. The first-order valence-corrected chi connectivity index (χ1v) is 6.16. The SMILES string of the molecule is COOCC1=C(C(=O)O)N2C(=O)C(C(C)O)[C@H]2S1. The van der Waals surface area contributed by atoms with Crippen molar-refractivity contribution in [2.45, 2.75) is 18.4 Å². The van der Waals surface area contributed by atoms with E-state index in [4.69, 9.17) is 9.99 Å². The molecule has 1 saturated heterocycles. The Morgan fingerprint density at radius 3 is 2.78 bits per heavy atom. The molecule has 1 amide bonds. The van der Waals surface area contributed by atoms with E-state index in [-0.39, 0.29) is 23.6 Å². The molecule has 2 N–H and O–H groups in total. The first kappa shape index (κ1) is 13.3. The van der Waals surface area contributed by atoms with Crippen molar-refractivity contribution in [1.29, 1.82) is 0 Å². The second-order valence-electron chi connectivity index (χ2n) is 3.99. The quantitative estimate of drug-likeness (QED) is 0.406. The summed E-state index contributed by atoms with van der Waals surface area (Å²) in [6, 6.07) is 0. The van der Waals surface area contributed by atoms with Gasteiger partial charge in [0.25, 0.3) is 0 Å². The fraction of sp³-hybridized carbons (Fsp3) is 0.600. The number of rotatable bonds is 5. The maximum absolute atomic E-state index is 11.8. The summed E-state index contributed by atoms with van der Waals surface area (Å²) in [5.41, 5.74) is -0.0797. The van der Waals surface area contributed by atoms with Gasteiger partial charge >= 0.3 is 5.97 Å². The van der Waals surface area contributed by atoms with Gasteiger partial charge in [-0.25, -0.2) is 14.6 Å². The highest BCUT2D eigenvalue weighted by atomic mass is 32.2. The molecule has 0 saturated carbocycles. The minimum Gasteiger partial charge on any atom is -0.477 e. The van der Waals surface area contributed by atoms with Crippen molar-refractivity contribution in [3.05, 3.63) is 10.6 Å². The maximum atomic E-state index is 11.8. The molecular weight excluding hydrogens is 262 g/mol. The monoisotopic (exact) mass is 275 g/mol. The van der Waals surface area contributed by atoms with Crippen LogP contribution in [0.1, 0.15) is 6.92 Å². The fourth-order valence-electron chi connectivity index (χ4n) is 2.07. The molecule has 2 unspecified atom stereocenters. The number of nitrogens with zero attached hydrogens (tertiary/aromatic N) is 1. The molecule has 2 heterocycles. The first-order chi connectivity index (χ1) is 8.49. The van der Waals surface area contributed by atoms with Crippen molar-refractivity contribution in [3.8, 4) is 0 Å². The van der Waals surface area contributed by atoms with Crippen LogP contribution in [0.5, 0.6) is 0 Å². The molecule has 1 fully saturated rings. The van der Waals surface area contributed by atoms with E-state index in [1.807, 2.05) is 0 Å². The third kappa shape index (κ3) is 1.91. The zero-order chi connectivity index (χ0) is 13.4. The number of aliphatic hydroxyl groups excluding tert-OH is 1. The van der Waals surface area contributed by atoms with E-state index in [9.17, 15) is 14.7 Å². The molecule has 8 heteroatoms. The van der Waals surface area contributed by atoms with Crippen molar-refractivity contribution in [2.24, 2.45) is 5.92 Å². The molecule has 2 aliphatic heterocycles. The highest BCUT2D eigenvalue weighted by Gasteiger charge is 2.57. The van der Waals surface area contributed by atoms with Gasteiger partial charge in [0.1, 0.15) is 17.7 Å². The summed E-state index contributed by atoms with van der Waals surface area (Å²) in [6.07, 6.45) is -0.802. The largest absolute Gasteiger partial charge is 0.477 e. The minimum absolute atomic E-state index is 0.0321. The van der Waals surface area contributed by atoms with Crippen LogP contribution in [-0.4, -0.2) is 52.2 Å². The number of aliphatic hydroxyl groups is 1. The van der Waals surface area contributed by atoms with Crippen LogP contribution in [0.4, 0.5) is 0 Å². The number of carbonyl (C=O) groups is 2. The highest BCUT2D eigenvalue weighted by Crippen LogP contribution is 2.50. The highest BCUT2D eigenvalue weighted by molar-refractivity contribution is 8.04. The standard InChI is InChI=1S/C10H13NO6S/c1-4(12)6-8(13)11-7(10(14)15)5(3-17-16-2)18-9(6)11/h4,6,9,12H,3H2,1-2H3,(H,14,15)/t4?,6?,9-/m1/s1. The van der Waals surface area contributed by atoms with Crippen LogP contribution in [0.2, 0.25) is 0 Å². The predicted octanol–water partition coefficient (Wildman–Crippen LogP) is -0.227. The van der Waals surface area contributed by atoms with Crippen LogP contribution in [0, 0.1) is 5.92 Å². The third-order valence-corrected chi connectivity index (χ3v) is 4.22. The Morgan fingerprint density at radius 1 is 1.61 bits per heavy atom. The molecule has 7 nitrogen and oxygen atoms in total. The van der Waals surface area contributed by atoms with E-state index < -0.39 is 18.0 Å². The summed E-state index contributed by atoms with van der Waals surface area (Å²) in [7, 11) is 1.32. The van der Waals surface area contributed by atoms with Crippen LogP contribution < -0.4 is 0 Å². The van der Waals surface area contributed by atoms with Gasteiger partial charge in [-0.3, -0.25) is 9.69 Å². The smallest absolute Gasteiger partial charge is 0.353 e. The lowest BCUT2D eigenvalue weighted by atomic mass is 9.92. The van der Waals surface area contributed by atoms with Gasteiger partial charge < -0.3 is 10.2 Å². The zero-order valence-electron chi connectivity index (χ0n) is 9.82. The normalized spacial score (nSPS) is 28.2. The lowest BCUT2D eigenvalue weighted by Gasteiger charge is -2.43. The number of fused-ring (bicyclic) bond motifs is 1. The summed E-state index contributed by atoms with van der Waals surface area (Å²) in [5, 5.41) is 18.3. The van der Waals surface area contributed by atoms with Gasteiger partial charge in [0, 0.05) is 4.91 Å². The zero-order valence-corrected chi connectivity index (χ0v) is 10.6. The van der Waals surface area contributed by atoms with E-state index in [2.05, 4.69) is 4.89 Å². The Morgan fingerprint density at radius 2 is 2.28 bits per heavy atom. The summed E-state index contributed by atoms with van der Waals surface area (Å²) in [6.45, 7) is 1.49. The van der Waals surface area contributed by atoms with Gasteiger partial charge in [-0.15, -0.1) is 0 Å². The Bertz CT molecular complexity index is 421. The molecule has 0 bridgehead atoms.